The molecule has 12 heteroatoms. The van der Waals surface area contributed by atoms with E-state index in [0.29, 0.717) is 5.69 Å². The molecule has 2 aromatic heterocycles. The van der Waals surface area contributed by atoms with E-state index in [2.05, 4.69) is 20.2 Å². The maximum atomic E-state index is 13.2. The van der Waals surface area contributed by atoms with Crippen LogP contribution in [0.4, 0.5) is 17.1 Å². The highest BCUT2D eigenvalue weighted by atomic mass is 32.2. The first-order valence-corrected chi connectivity index (χ1v) is 12.5. The number of fused-ring (bicyclic) bond motifs is 1. The van der Waals surface area contributed by atoms with Crippen LogP contribution in [-0.4, -0.2) is 28.9 Å². The number of nitrogens with zero attached hydrogens (tertiary/aromatic N) is 4. The van der Waals surface area contributed by atoms with Gasteiger partial charge in [-0.1, -0.05) is 17.7 Å². The average molecular weight is 499 g/mol. The molecule has 176 valence electrons. The number of benzene rings is 2. The molecule has 4 rings (SSSR count). The lowest BCUT2D eigenvalue weighted by Gasteiger charge is -2.14. The van der Waals surface area contributed by atoms with E-state index in [9.17, 15) is 18.5 Å². The van der Waals surface area contributed by atoms with Crippen molar-refractivity contribution in [2.45, 2.75) is 32.6 Å². The molecule has 0 aliphatic heterocycles. The number of nitro benzene ring substituents is 1. The number of rotatable bonds is 7. The van der Waals surface area contributed by atoms with Crippen LogP contribution in [-0.2, 0) is 10.0 Å². The van der Waals surface area contributed by atoms with Gasteiger partial charge < -0.3 is 0 Å². The summed E-state index contributed by atoms with van der Waals surface area (Å²) in [5.74, 6) is 0. The van der Waals surface area contributed by atoms with Gasteiger partial charge in [-0.2, -0.15) is 5.10 Å². The third-order valence-corrected chi connectivity index (χ3v) is 7.57. The summed E-state index contributed by atoms with van der Waals surface area (Å²) < 4.78 is 30.9. The highest BCUT2D eigenvalue weighted by molar-refractivity contribution is 7.92. The predicted octanol–water partition coefficient (Wildman–Crippen LogP) is 4.78. The predicted molar refractivity (Wildman–Crippen MR) is 134 cm³/mol. The zero-order chi connectivity index (χ0) is 24.6. The summed E-state index contributed by atoms with van der Waals surface area (Å²) in [6, 6.07) is 8.83. The van der Waals surface area contributed by atoms with Gasteiger partial charge in [0.1, 0.15) is 4.90 Å². The summed E-state index contributed by atoms with van der Waals surface area (Å²) in [4.78, 5) is 15.7. The molecule has 0 bridgehead atoms. The van der Waals surface area contributed by atoms with Crippen LogP contribution >= 0.6 is 11.3 Å². The van der Waals surface area contributed by atoms with Gasteiger partial charge in [-0.3, -0.25) is 24.7 Å². The van der Waals surface area contributed by atoms with Crippen molar-refractivity contribution in [3.63, 3.8) is 0 Å². The number of hydrogen-bond acceptors (Lipinski definition) is 8. The number of hydrogen-bond donors (Lipinski definition) is 2. The average Bonchev–Trinajstić information content (AvgIpc) is 3.28. The number of hydrazone groups is 1. The molecule has 4 aromatic rings. The molecule has 0 aliphatic carbocycles. The fourth-order valence-electron chi connectivity index (χ4n) is 3.51. The molecule has 2 heterocycles. The normalized spacial score (nSPS) is 11.9. The lowest BCUT2D eigenvalue weighted by Crippen LogP contribution is -2.16. The molecular formula is C22H22N6O4S2. The Hall–Kier alpha value is -3.77. The minimum Gasteiger partial charge on any atom is -0.286 e. The quantitative estimate of drug-likeness (QED) is 0.214. The number of nitrogens with one attached hydrogen (secondary N) is 2. The van der Waals surface area contributed by atoms with E-state index in [0.717, 1.165) is 39.2 Å². The van der Waals surface area contributed by atoms with E-state index in [-0.39, 0.29) is 16.3 Å². The summed E-state index contributed by atoms with van der Waals surface area (Å²) in [6.07, 6.45) is 1.55. The molecule has 2 aromatic carbocycles. The maximum Gasteiger partial charge on any atom is 0.270 e. The zero-order valence-corrected chi connectivity index (χ0v) is 20.5. The molecular weight excluding hydrogens is 476 g/mol. The number of aryl methyl sites for hydroxylation is 4. The van der Waals surface area contributed by atoms with Crippen LogP contribution < -0.4 is 10.1 Å². The van der Waals surface area contributed by atoms with Crippen LogP contribution in [0.2, 0.25) is 0 Å². The second-order valence-electron chi connectivity index (χ2n) is 7.81. The lowest BCUT2D eigenvalue weighted by molar-refractivity contribution is -0.385. The van der Waals surface area contributed by atoms with Crippen molar-refractivity contribution < 1.29 is 13.3 Å². The van der Waals surface area contributed by atoms with Gasteiger partial charge in [-0.25, -0.2) is 13.4 Å². The first-order chi connectivity index (χ1) is 16.1. The van der Waals surface area contributed by atoms with Crippen LogP contribution in [0.15, 0.2) is 51.8 Å². The van der Waals surface area contributed by atoms with E-state index in [1.165, 1.54) is 23.5 Å². The maximum absolute atomic E-state index is 13.2. The fraction of sp³-hybridized carbons (Fsp3) is 0.182. The van der Waals surface area contributed by atoms with E-state index in [4.69, 9.17) is 0 Å². The van der Waals surface area contributed by atoms with Crippen LogP contribution in [0.3, 0.4) is 0 Å². The first-order valence-electron chi connectivity index (χ1n) is 10.2. The van der Waals surface area contributed by atoms with Crippen molar-refractivity contribution in [1.29, 1.82) is 0 Å². The van der Waals surface area contributed by atoms with Gasteiger partial charge in [0.15, 0.2) is 4.96 Å². The van der Waals surface area contributed by atoms with Gasteiger partial charge >= 0.3 is 0 Å². The van der Waals surface area contributed by atoms with Crippen LogP contribution in [0, 0.1) is 37.8 Å². The minimum atomic E-state index is -4.17. The number of sulfonamides is 1. The molecule has 0 spiro atoms. The molecule has 0 amide bonds. The molecule has 0 atom stereocenters. The van der Waals surface area contributed by atoms with Crippen molar-refractivity contribution in [2.75, 3.05) is 10.1 Å². The SMILES string of the molecule is Cc1ccc(NS(=O)(=O)c2cc([N+](=O)[O-])ccc2N/N=C/c2c(C)nc3scc(C)n23)c(C)c1. The standard InChI is InChI=1S/C22H22N6O4S2/c1-13-5-7-18(14(2)9-13)26-34(31,32)21-10-17(28(29)30)6-8-19(21)25-23-11-20-16(4)24-22-27(20)15(3)12-33-22/h5-12,25-26H,1-4H3/b23-11+. The Labute approximate surface area is 200 Å². The Morgan fingerprint density at radius 2 is 1.85 bits per heavy atom. The van der Waals surface area contributed by atoms with Gasteiger partial charge in [0, 0.05) is 23.2 Å². The molecule has 0 radical (unpaired) electrons. The van der Waals surface area contributed by atoms with Crippen LogP contribution in [0.25, 0.3) is 4.96 Å². The Bertz CT molecular complexity index is 1550. The molecule has 0 unspecified atom stereocenters. The van der Waals surface area contributed by atoms with Crippen LogP contribution in [0.5, 0.6) is 0 Å². The molecule has 34 heavy (non-hydrogen) atoms. The largest absolute Gasteiger partial charge is 0.286 e. The molecule has 2 N–H and O–H groups in total. The second-order valence-corrected chi connectivity index (χ2v) is 10.3. The molecule has 0 aliphatic rings. The lowest BCUT2D eigenvalue weighted by atomic mass is 10.1. The van der Waals surface area contributed by atoms with E-state index in [1.807, 2.05) is 36.6 Å². The third kappa shape index (κ3) is 4.50. The van der Waals surface area contributed by atoms with E-state index < -0.39 is 14.9 Å². The highest BCUT2D eigenvalue weighted by Gasteiger charge is 2.23. The van der Waals surface area contributed by atoms with Crippen molar-refractivity contribution >= 4 is 49.6 Å². The summed E-state index contributed by atoms with van der Waals surface area (Å²) >= 11 is 1.51. The molecule has 0 fully saturated rings. The topological polar surface area (TPSA) is 131 Å². The first kappa shape index (κ1) is 23.4. The molecule has 10 nitrogen and oxygen atoms in total. The van der Waals surface area contributed by atoms with Crippen molar-refractivity contribution in [2.24, 2.45) is 5.10 Å². The van der Waals surface area contributed by atoms with Gasteiger partial charge in [0.2, 0.25) is 0 Å². The number of imidazole rings is 1. The minimum absolute atomic E-state index is 0.0968. The second kappa shape index (κ2) is 8.88. The smallest absolute Gasteiger partial charge is 0.270 e. The van der Waals surface area contributed by atoms with Gasteiger partial charge in [-0.15, -0.1) is 11.3 Å². The number of anilines is 2. The Morgan fingerprint density at radius 3 is 2.56 bits per heavy atom. The molecule has 0 saturated heterocycles. The molecule has 0 saturated carbocycles. The van der Waals surface area contributed by atoms with Crippen molar-refractivity contribution in [1.82, 2.24) is 9.38 Å². The third-order valence-electron chi connectivity index (χ3n) is 5.22. The number of non-ortho nitro benzene ring substituents is 1. The van der Waals surface area contributed by atoms with E-state index in [1.54, 1.807) is 25.3 Å². The van der Waals surface area contributed by atoms with Gasteiger partial charge in [0.25, 0.3) is 15.7 Å². The summed E-state index contributed by atoms with van der Waals surface area (Å²) in [7, 11) is -4.17. The number of aromatic nitrogens is 2. The summed E-state index contributed by atoms with van der Waals surface area (Å²) in [6.45, 7) is 7.49. The summed E-state index contributed by atoms with van der Waals surface area (Å²) in [5, 5.41) is 17.5. The van der Waals surface area contributed by atoms with E-state index >= 15 is 0 Å². The summed E-state index contributed by atoms with van der Waals surface area (Å²) in [5.41, 5.74) is 7.09. The Morgan fingerprint density at radius 1 is 1.12 bits per heavy atom. The fourth-order valence-corrected chi connectivity index (χ4v) is 5.73. The zero-order valence-electron chi connectivity index (χ0n) is 18.9. The van der Waals surface area contributed by atoms with Gasteiger partial charge in [0.05, 0.1) is 33.9 Å². The Balaban J connectivity index is 1.70. The van der Waals surface area contributed by atoms with Crippen molar-refractivity contribution in [3.05, 3.63) is 80.1 Å². The monoisotopic (exact) mass is 498 g/mol. The number of thiazole rings is 1. The Kier molecular flexibility index (Phi) is 6.11. The van der Waals surface area contributed by atoms with Crippen molar-refractivity contribution in [3.8, 4) is 0 Å². The van der Waals surface area contributed by atoms with Crippen LogP contribution in [0.1, 0.15) is 28.2 Å². The number of nitro groups is 1. The highest BCUT2D eigenvalue weighted by Crippen LogP contribution is 2.29. The van der Waals surface area contributed by atoms with Gasteiger partial charge in [-0.05, 0) is 45.4 Å².